The summed E-state index contributed by atoms with van der Waals surface area (Å²) in [4.78, 5) is 29.5. The number of nitrogens with one attached hydrogen (secondary N) is 1. The van der Waals surface area contributed by atoms with Gasteiger partial charge in [0, 0.05) is 13.0 Å². The predicted molar refractivity (Wildman–Crippen MR) is 96.2 cm³/mol. The fourth-order valence-electron chi connectivity index (χ4n) is 2.74. The van der Waals surface area contributed by atoms with E-state index < -0.39 is 0 Å². The van der Waals surface area contributed by atoms with Crippen LogP contribution in [0.5, 0.6) is 0 Å². The van der Waals surface area contributed by atoms with Crippen LogP contribution in [0.3, 0.4) is 0 Å². The number of benzene rings is 1. The molecule has 0 saturated carbocycles. The molecule has 0 bridgehead atoms. The second kappa shape index (κ2) is 6.97. The summed E-state index contributed by atoms with van der Waals surface area (Å²) in [5.41, 5.74) is 2.15. The van der Waals surface area contributed by atoms with Crippen molar-refractivity contribution in [2.45, 2.75) is 32.9 Å². The molecule has 0 spiro atoms. The highest BCUT2D eigenvalue weighted by atomic mass is 32.1. The van der Waals surface area contributed by atoms with Gasteiger partial charge in [0.15, 0.2) is 0 Å². The van der Waals surface area contributed by atoms with E-state index in [2.05, 4.69) is 10.3 Å². The third-order valence-electron chi connectivity index (χ3n) is 4.06. The first kappa shape index (κ1) is 16.4. The fourth-order valence-corrected chi connectivity index (χ4v) is 3.46. The van der Waals surface area contributed by atoms with Gasteiger partial charge in [0.1, 0.15) is 4.83 Å². The number of rotatable bonds is 5. The summed E-state index contributed by atoms with van der Waals surface area (Å²) in [6.07, 6.45) is 1.76. The largest absolute Gasteiger partial charge is 0.350 e. The summed E-state index contributed by atoms with van der Waals surface area (Å²) in [6, 6.07) is 9.69. The van der Waals surface area contributed by atoms with Crippen LogP contribution in [0.15, 0.2) is 46.8 Å². The number of nitrogens with zero attached hydrogens (tertiary/aromatic N) is 2. The smallest absolute Gasteiger partial charge is 0.262 e. The van der Waals surface area contributed by atoms with E-state index in [4.69, 9.17) is 0 Å². The van der Waals surface area contributed by atoms with E-state index in [0.717, 1.165) is 16.0 Å². The first-order valence-electron chi connectivity index (χ1n) is 7.84. The third-order valence-corrected chi connectivity index (χ3v) is 4.88. The van der Waals surface area contributed by atoms with Crippen LogP contribution in [0.25, 0.3) is 10.2 Å². The summed E-state index contributed by atoms with van der Waals surface area (Å²) in [5.74, 6) is -0.0805. The number of amides is 1. The van der Waals surface area contributed by atoms with Crippen LogP contribution < -0.4 is 10.9 Å². The molecule has 3 rings (SSSR count). The summed E-state index contributed by atoms with van der Waals surface area (Å²) >= 11 is 1.44. The second-order valence-electron chi connectivity index (χ2n) is 5.78. The van der Waals surface area contributed by atoms with Crippen LogP contribution in [0.4, 0.5) is 0 Å². The number of hydrogen-bond acceptors (Lipinski definition) is 4. The molecule has 1 amide bonds. The summed E-state index contributed by atoms with van der Waals surface area (Å²) < 4.78 is 1.49. The van der Waals surface area contributed by atoms with Crippen LogP contribution in [0, 0.1) is 6.92 Å². The lowest BCUT2D eigenvalue weighted by Crippen LogP contribution is -2.29. The molecule has 2 aromatic heterocycles. The van der Waals surface area contributed by atoms with Gasteiger partial charge in [-0.1, -0.05) is 24.3 Å². The first-order chi connectivity index (χ1) is 11.6. The molecular formula is C18H19N3O2S. The quantitative estimate of drug-likeness (QED) is 0.776. The SMILES string of the molecule is Cc1ccccc1[C@H](C)NC(=O)CCn1cnc2sccc2c1=O. The molecule has 0 aliphatic carbocycles. The molecule has 6 heteroatoms. The van der Waals surface area contributed by atoms with Gasteiger partial charge in [-0.25, -0.2) is 4.98 Å². The Hall–Kier alpha value is -2.47. The number of aryl methyl sites for hydroxylation is 2. The Morgan fingerprint density at radius 3 is 2.92 bits per heavy atom. The lowest BCUT2D eigenvalue weighted by Gasteiger charge is -2.16. The average molecular weight is 341 g/mol. The van der Waals surface area contributed by atoms with E-state index in [1.807, 2.05) is 43.5 Å². The lowest BCUT2D eigenvalue weighted by molar-refractivity contribution is -0.121. The van der Waals surface area contributed by atoms with E-state index in [0.29, 0.717) is 11.9 Å². The minimum Gasteiger partial charge on any atom is -0.350 e. The molecule has 0 aliphatic heterocycles. The molecule has 124 valence electrons. The van der Waals surface area contributed by atoms with E-state index in [1.165, 1.54) is 22.2 Å². The zero-order valence-electron chi connectivity index (χ0n) is 13.7. The molecule has 0 unspecified atom stereocenters. The molecule has 3 aromatic rings. The van der Waals surface area contributed by atoms with Gasteiger partial charge in [-0.3, -0.25) is 14.2 Å². The van der Waals surface area contributed by atoms with Gasteiger partial charge in [0.25, 0.3) is 5.56 Å². The molecule has 1 N–H and O–H groups in total. The monoisotopic (exact) mass is 341 g/mol. The maximum absolute atomic E-state index is 12.3. The summed E-state index contributed by atoms with van der Waals surface area (Å²) in [6.45, 7) is 4.31. The Morgan fingerprint density at radius 1 is 1.33 bits per heavy atom. The van der Waals surface area contributed by atoms with Crippen molar-refractivity contribution in [3.8, 4) is 0 Å². The van der Waals surface area contributed by atoms with Crippen LogP contribution in [0.1, 0.15) is 30.5 Å². The Labute approximate surface area is 144 Å². The van der Waals surface area contributed by atoms with E-state index in [1.54, 1.807) is 6.07 Å². The zero-order valence-corrected chi connectivity index (χ0v) is 14.5. The predicted octanol–water partition coefficient (Wildman–Crippen LogP) is 3.03. The van der Waals surface area contributed by atoms with Crippen LogP contribution in [-0.4, -0.2) is 15.5 Å². The van der Waals surface area contributed by atoms with Crippen molar-refractivity contribution < 1.29 is 4.79 Å². The Balaban J connectivity index is 1.64. The van der Waals surface area contributed by atoms with Crippen LogP contribution in [0.2, 0.25) is 0 Å². The van der Waals surface area contributed by atoms with Crippen molar-refractivity contribution in [1.82, 2.24) is 14.9 Å². The van der Waals surface area contributed by atoms with Gasteiger partial charge in [-0.2, -0.15) is 0 Å². The normalized spacial score (nSPS) is 12.2. The minimum atomic E-state index is -0.0963. The molecule has 0 aliphatic rings. The Bertz CT molecular complexity index is 929. The highest BCUT2D eigenvalue weighted by molar-refractivity contribution is 7.16. The van der Waals surface area contributed by atoms with Crippen molar-refractivity contribution in [3.05, 3.63) is 63.5 Å². The van der Waals surface area contributed by atoms with Gasteiger partial charge < -0.3 is 5.32 Å². The third kappa shape index (κ3) is 3.38. The Kier molecular flexibility index (Phi) is 4.76. The number of aromatic nitrogens is 2. The van der Waals surface area contributed by atoms with E-state index in [9.17, 15) is 9.59 Å². The van der Waals surface area contributed by atoms with Gasteiger partial charge >= 0.3 is 0 Å². The molecule has 2 heterocycles. The molecule has 5 nitrogen and oxygen atoms in total. The van der Waals surface area contributed by atoms with Crippen molar-refractivity contribution in [2.75, 3.05) is 0 Å². The number of carbonyl (C=O) groups excluding carboxylic acids is 1. The number of hydrogen-bond donors (Lipinski definition) is 1. The van der Waals surface area contributed by atoms with Gasteiger partial charge in [0.2, 0.25) is 5.91 Å². The van der Waals surface area contributed by atoms with E-state index >= 15 is 0 Å². The maximum atomic E-state index is 12.3. The van der Waals surface area contributed by atoms with Gasteiger partial charge in [-0.05, 0) is 36.4 Å². The zero-order chi connectivity index (χ0) is 17.1. The van der Waals surface area contributed by atoms with Crippen molar-refractivity contribution in [3.63, 3.8) is 0 Å². The van der Waals surface area contributed by atoms with Gasteiger partial charge in [-0.15, -0.1) is 11.3 Å². The van der Waals surface area contributed by atoms with Crippen LogP contribution in [-0.2, 0) is 11.3 Å². The topological polar surface area (TPSA) is 64.0 Å². The van der Waals surface area contributed by atoms with Gasteiger partial charge in [0.05, 0.1) is 17.8 Å². The van der Waals surface area contributed by atoms with Crippen molar-refractivity contribution >= 4 is 27.5 Å². The first-order valence-corrected chi connectivity index (χ1v) is 8.72. The van der Waals surface area contributed by atoms with Crippen molar-refractivity contribution in [2.24, 2.45) is 0 Å². The molecule has 0 saturated heterocycles. The summed E-state index contributed by atoms with van der Waals surface area (Å²) in [5, 5.41) is 5.44. The number of thiophene rings is 1. The summed E-state index contributed by atoms with van der Waals surface area (Å²) in [7, 11) is 0. The van der Waals surface area contributed by atoms with Crippen molar-refractivity contribution in [1.29, 1.82) is 0 Å². The molecule has 1 atom stereocenters. The second-order valence-corrected chi connectivity index (χ2v) is 6.67. The highest BCUT2D eigenvalue weighted by Gasteiger charge is 2.12. The maximum Gasteiger partial charge on any atom is 0.262 e. The molecular weight excluding hydrogens is 322 g/mol. The molecule has 0 fully saturated rings. The fraction of sp³-hybridized carbons (Fsp3) is 0.278. The Morgan fingerprint density at radius 2 is 2.12 bits per heavy atom. The average Bonchev–Trinajstić information content (AvgIpc) is 3.04. The lowest BCUT2D eigenvalue weighted by atomic mass is 10.0. The van der Waals surface area contributed by atoms with E-state index in [-0.39, 0.29) is 23.9 Å². The molecule has 0 radical (unpaired) electrons. The van der Waals surface area contributed by atoms with Crippen LogP contribution >= 0.6 is 11.3 Å². The number of fused-ring (bicyclic) bond motifs is 1. The minimum absolute atomic E-state index is 0.0621. The highest BCUT2D eigenvalue weighted by Crippen LogP contribution is 2.17. The standard InChI is InChI=1S/C18H19N3O2S/c1-12-5-3-4-6-14(12)13(2)20-16(22)7-9-21-11-19-17-15(18(21)23)8-10-24-17/h3-6,8,10-11,13H,7,9H2,1-2H3,(H,20,22)/t13-/m0/s1. The molecule has 24 heavy (non-hydrogen) atoms. The number of carbonyl (C=O) groups is 1. The molecule has 1 aromatic carbocycles.